The molecular formula is C22H25FN2O2. The van der Waals surface area contributed by atoms with Crippen molar-refractivity contribution in [1.29, 1.82) is 0 Å². The Labute approximate surface area is 159 Å². The Balaban J connectivity index is 1.61. The first-order valence-corrected chi connectivity index (χ1v) is 9.53. The van der Waals surface area contributed by atoms with Crippen LogP contribution in [0.15, 0.2) is 48.5 Å². The molecule has 27 heavy (non-hydrogen) atoms. The molecule has 0 radical (unpaired) electrons. The monoisotopic (exact) mass is 368 g/mol. The van der Waals surface area contributed by atoms with Gasteiger partial charge in [-0.1, -0.05) is 36.4 Å². The first-order chi connectivity index (χ1) is 13.0. The van der Waals surface area contributed by atoms with Gasteiger partial charge in [-0.25, -0.2) is 9.18 Å². The zero-order valence-electron chi connectivity index (χ0n) is 15.5. The summed E-state index contributed by atoms with van der Waals surface area (Å²) in [4.78, 5) is 16.0. The van der Waals surface area contributed by atoms with Gasteiger partial charge in [0.05, 0.1) is 6.04 Å². The van der Waals surface area contributed by atoms with Crippen LogP contribution in [0.3, 0.4) is 0 Å². The van der Waals surface area contributed by atoms with E-state index >= 15 is 0 Å². The first-order valence-electron chi connectivity index (χ1n) is 9.53. The molecule has 2 saturated heterocycles. The summed E-state index contributed by atoms with van der Waals surface area (Å²) < 4.78 is 13.6. The fraction of sp³-hybridized carbons (Fsp3) is 0.409. The number of carboxylic acid groups (broad SMARTS) is 1. The molecule has 1 N–H and O–H groups in total. The molecule has 0 saturated carbocycles. The van der Waals surface area contributed by atoms with Crippen LogP contribution in [0.2, 0.25) is 0 Å². The third-order valence-electron chi connectivity index (χ3n) is 5.93. The number of hydrogen-bond acceptors (Lipinski definition) is 2. The second-order valence-corrected chi connectivity index (χ2v) is 7.92. The van der Waals surface area contributed by atoms with Crippen molar-refractivity contribution in [2.45, 2.75) is 25.9 Å². The lowest BCUT2D eigenvalue weighted by atomic mass is 9.76. The van der Waals surface area contributed by atoms with E-state index in [4.69, 9.17) is 0 Å². The Kier molecular flexibility index (Phi) is 4.87. The molecule has 4 rings (SSSR count). The maximum absolute atomic E-state index is 13.6. The highest BCUT2D eigenvalue weighted by Crippen LogP contribution is 2.43. The summed E-state index contributed by atoms with van der Waals surface area (Å²) in [6.07, 6.45) is 0.145. The van der Waals surface area contributed by atoms with Crippen molar-refractivity contribution in [3.05, 3.63) is 71.0 Å². The lowest BCUT2D eigenvalue weighted by Crippen LogP contribution is -2.55. The Morgan fingerprint density at radius 1 is 1.15 bits per heavy atom. The molecule has 2 aromatic carbocycles. The molecule has 0 aromatic heterocycles. The number of carbonyl (C=O) groups is 1. The van der Waals surface area contributed by atoms with Gasteiger partial charge in [0, 0.05) is 26.2 Å². The van der Waals surface area contributed by atoms with Crippen LogP contribution in [0.5, 0.6) is 0 Å². The van der Waals surface area contributed by atoms with Crippen LogP contribution in [-0.2, 0) is 6.54 Å². The zero-order chi connectivity index (χ0) is 19.0. The third kappa shape index (κ3) is 3.69. The van der Waals surface area contributed by atoms with E-state index in [-0.39, 0.29) is 17.8 Å². The average Bonchev–Trinajstić information content (AvgIpc) is 2.63. The van der Waals surface area contributed by atoms with Crippen LogP contribution in [-0.4, -0.2) is 40.6 Å². The Morgan fingerprint density at radius 2 is 1.93 bits per heavy atom. The highest BCUT2D eigenvalue weighted by atomic mass is 19.1. The molecule has 1 amide bonds. The maximum Gasteiger partial charge on any atom is 0.407 e. The van der Waals surface area contributed by atoms with Crippen LogP contribution >= 0.6 is 0 Å². The molecule has 3 atom stereocenters. The summed E-state index contributed by atoms with van der Waals surface area (Å²) in [5.41, 5.74) is 3.04. The van der Waals surface area contributed by atoms with E-state index in [1.807, 2.05) is 13.0 Å². The number of amides is 1. The lowest BCUT2D eigenvalue weighted by molar-refractivity contribution is -0.00994. The molecule has 2 heterocycles. The number of piperidine rings is 2. The fourth-order valence-electron chi connectivity index (χ4n) is 4.92. The van der Waals surface area contributed by atoms with Crippen molar-refractivity contribution in [2.75, 3.05) is 19.6 Å². The van der Waals surface area contributed by atoms with E-state index in [2.05, 4.69) is 29.2 Å². The Hall–Kier alpha value is -2.40. The number of benzene rings is 2. The van der Waals surface area contributed by atoms with Gasteiger partial charge in [0.15, 0.2) is 0 Å². The molecule has 4 nitrogen and oxygen atoms in total. The molecule has 2 aliphatic heterocycles. The Bertz CT molecular complexity index is 826. The molecule has 5 heteroatoms. The van der Waals surface area contributed by atoms with Crippen LogP contribution in [0.25, 0.3) is 0 Å². The number of halogens is 1. The van der Waals surface area contributed by atoms with Gasteiger partial charge in [-0.2, -0.15) is 0 Å². The van der Waals surface area contributed by atoms with Crippen LogP contribution in [0.1, 0.15) is 29.2 Å². The quantitative estimate of drug-likeness (QED) is 0.878. The van der Waals surface area contributed by atoms with Gasteiger partial charge in [-0.15, -0.1) is 0 Å². The normalized spacial score (nSPS) is 25.4. The summed E-state index contributed by atoms with van der Waals surface area (Å²) in [6.45, 7) is 5.07. The Morgan fingerprint density at radius 3 is 2.63 bits per heavy atom. The highest BCUT2D eigenvalue weighted by molar-refractivity contribution is 5.66. The summed E-state index contributed by atoms with van der Waals surface area (Å²) >= 11 is 0. The highest BCUT2D eigenvalue weighted by Gasteiger charge is 2.43. The van der Waals surface area contributed by atoms with Crippen molar-refractivity contribution in [3.63, 3.8) is 0 Å². The number of aryl methyl sites for hydroxylation is 1. The van der Waals surface area contributed by atoms with E-state index in [9.17, 15) is 14.3 Å². The second kappa shape index (κ2) is 7.31. The van der Waals surface area contributed by atoms with Crippen molar-refractivity contribution in [3.8, 4) is 0 Å². The van der Waals surface area contributed by atoms with E-state index in [0.29, 0.717) is 12.5 Å². The van der Waals surface area contributed by atoms with Gasteiger partial charge in [-0.05, 0) is 54.0 Å². The average molecular weight is 368 g/mol. The summed E-state index contributed by atoms with van der Waals surface area (Å²) in [5.74, 6) is 0.295. The fourth-order valence-corrected chi connectivity index (χ4v) is 4.92. The van der Waals surface area contributed by atoms with E-state index < -0.39 is 6.09 Å². The molecule has 0 spiro atoms. The van der Waals surface area contributed by atoms with Crippen LogP contribution in [0, 0.1) is 24.6 Å². The maximum atomic E-state index is 13.6. The molecule has 2 fully saturated rings. The number of rotatable bonds is 3. The molecule has 3 unspecified atom stereocenters. The molecule has 142 valence electrons. The molecule has 2 bridgehead atoms. The van der Waals surface area contributed by atoms with Gasteiger partial charge in [0.1, 0.15) is 5.82 Å². The first kappa shape index (κ1) is 18.0. The topological polar surface area (TPSA) is 43.8 Å². The second-order valence-electron chi connectivity index (χ2n) is 7.92. The van der Waals surface area contributed by atoms with Crippen LogP contribution in [0.4, 0.5) is 9.18 Å². The van der Waals surface area contributed by atoms with Crippen molar-refractivity contribution >= 4 is 6.09 Å². The van der Waals surface area contributed by atoms with Gasteiger partial charge in [0.25, 0.3) is 0 Å². The van der Waals surface area contributed by atoms with E-state index in [0.717, 1.165) is 37.2 Å². The standard InChI is InChI=1S/C22H25FN2O2/c1-15-9-19(23)7-8-20(15)21-18-10-17(13-25(21)22(26)27)12-24(14-18)11-16-5-3-2-4-6-16/h2-9,17-18,21H,10-14H2,1H3,(H,26,27). The largest absolute Gasteiger partial charge is 0.465 e. The number of hydrogen-bond donors (Lipinski definition) is 1. The summed E-state index contributed by atoms with van der Waals surface area (Å²) in [6, 6.07) is 14.9. The number of likely N-dealkylation sites (tertiary alicyclic amines) is 2. The lowest BCUT2D eigenvalue weighted by Gasteiger charge is -2.50. The van der Waals surface area contributed by atoms with Gasteiger partial charge < -0.3 is 10.0 Å². The van der Waals surface area contributed by atoms with E-state index in [1.54, 1.807) is 11.0 Å². The van der Waals surface area contributed by atoms with Gasteiger partial charge in [-0.3, -0.25) is 4.90 Å². The SMILES string of the molecule is Cc1cc(F)ccc1C1C2CC(CN(Cc3ccccc3)C2)CN1C(=O)O. The number of nitrogens with zero attached hydrogens (tertiary/aromatic N) is 2. The summed E-state index contributed by atoms with van der Waals surface area (Å²) in [5, 5.41) is 9.81. The van der Waals surface area contributed by atoms with Crippen molar-refractivity contribution in [2.24, 2.45) is 11.8 Å². The van der Waals surface area contributed by atoms with Crippen LogP contribution < -0.4 is 0 Å². The predicted molar refractivity (Wildman–Crippen MR) is 102 cm³/mol. The minimum absolute atomic E-state index is 0.210. The molecule has 2 aliphatic rings. The third-order valence-corrected chi connectivity index (χ3v) is 5.93. The molecule has 0 aliphatic carbocycles. The van der Waals surface area contributed by atoms with Gasteiger partial charge in [0.2, 0.25) is 0 Å². The molecular weight excluding hydrogens is 343 g/mol. The number of fused-ring (bicyclic) bond motifs is 2. The smallest absolute Gasteiger partial charge is 0.407 e. The molecule has 2 aromatic rings. The minimum atomic E-state index is -0.880. The minimum Gasteiger partial charge on any atom is -0.465 e. The van der Waals surface area contributed by atoms with Crippen molar-refractivity contribution in [1.82, 2.24) is 9.80 Å². The van der Waals surface area contributed by atoms with Crippen molar-refractivity contribution < 1.29 is 14.3 Å². The summed E-state index contributed by atoms with van der Waals surface area (Å²) in [7, 11) is 0. The van der Waals surface area contributed by atoms with Gasteiger partial charge >= 0.3 is 6.09 Å². The predicted octanol–water partition coefficient (Wildman–Crippen LogP) is 4.31. The zero-order valence-corrected chi connectivity index (χ0v) is 15.5. The van der Waals surface area contributed by atoms with E-state index in [1.165, 1.54) is 17.7 Å².